The van der Waals surface area contributed by atoms with Gasteiger partial charge >= 0.3 is 0 Å². The van der Waals surface area contributed by atoms with Gasteiger partial charge in [0.15, 0.2) is 11.5 Å². The van der Waals surface area contributed by atoms with Crippen LogP contribution in [0.3, 0.4) is 0 Å². The van der Waals surface area contributed by atoms with Crippen LogP contribution in [0.5, 0.6) is 11.5 Å². The van der Waals surface area contributed by atoms with Crippen LogP contribution >= 0.6 is 0 Å². The Morgan fingerprint density at radius 2 is 1.48 bits per heavy atom. The predicted molar refractivity (Wildman–Crippen MR) is 92.9 cm³/mol. The molecule has 3 rings (SSSR count). The number of para-hydroxylation sites is 1. The van der Waals surface area contributed by atoms with Crippen molar-refractivity contribution in [3.63, 3.8) is 0 Å². The van der Waals surface area contributed by atoms with Gasteiger partial charge in [-0.25, -0.2) is 0 Å². The highest BCUT2D eigenvalue weighted by Gasteiger charge is 2.19. The van der Waals surface area contributed by atoms with Crippen molar-refractivity contribution in [2.75, 3.05) is 11.9 Å². The number of ether oxygens (including phenoxy) is 1. The first kappa shape index (κ1) is 16.3. The van der Waals surface area contributed by atoms with E-state index in [9.17, 15) is 9.59 Å². The molecular weight excluding hydrogens is 320 g/mol. The zero-order valence-corrected chi connectivity index (χ0v) is 13.5. The third kappa shape index (κ3) is 3.69. The molecule has 0 radical (unpaired) electrons. The van der Waals surface area contributed by atoms with Crippen molar-refractivity contribution in [3.8, 4) is 11.5 Å². The summed E-state index contributed by atoms with van der Waals surface area (Å²) in [6.45, 7) is 0. The fourth-order valence-corrected chi connectivity index (χ4v) is 2.23. The van der Waals surface area contributed by atoms with E-state index in [0.29, 0.717) is 11.4 Å². The highest BCUT2D eigenvalue weighted by atomic mass is 16.5. The second-order valence-corrected chi connectivity index (χ2v) is 5.30. The zero-order chi connectivity index (χ0) is 17.8. The lowest BCUT2D eigenvalue weighted by atomic mass is 10.2. The van der Waals surface area contributed by atoms with Crippen molar-refractivity contribution >= 4 is 17.5 Å². The summed E-state index contributed by atoms with van der Waals surface area (Å²) in [6.07, 6.45) is 0. The van der Waals surface area contributed by atoms with E-state index >= 15 is 0 Å². The molecule has 1 heterocycles. The first-order chi connectivity index (χ1) is 12.0. The van der Waals surface area contributed by atoms with Crippen molar-refractivity contribution in [2.24, 2.45) is 5.73 Å². The lowest BCUT2D eigenvalue weighted by Gasteiger charge is -2.16. The van der Waals surface area contributed by atoms with Crippen LogP contribution in [0, 0.1) is 0 Å². The average Bonchev–Trinajstić information content (AvgIpc) is 3.12. The summed E-state index contributed by atoms with van der Waals surface area (Å²) in [5, 5.41) is 0. The molecule has 0 unspecified atom stereocenters. The van der Waals surface area contributed by atoms with Gasteiger partial charge in [-0.15, -0.1) is 0 Å². The molecule has 2 amide bonds. The SMILES string of the molecule is CN(C(=O)c1ccc(C(N)=O)o1)c1ccc(Oc2ccccc2)cc1. The van der Waals surface area contributed by atoms with Gasteiger partial charge in [0.25, 0.3) is 11.8 Å². The lowest BCUT2D eigenvalue weighted by molar-refractivity contribution is 0.0946. The number of carbonyl (C=O) groups is 2. The van der Waals surface area contributed by atoms with Crippen molar-refractivity contribution in [3.05, 3.63) is 78.3 Å². The van der Waals surface area contributed by atoms with Gasteiger partial charge in [0.1, 0.15) is 11.5 Å². The Hall–Kier alpha value is -3.54. The molecule has 0 fully saturated rings. The van der Waals surface area contributed by atoms with Crippen molar-refractivity contribution < 1.29 is 18.7 Å². The molecule has 25 heavy (non-hydrogen) atoms. The fourth-order valence-electron chi connectivity index (χ4n) is 2.23. The first-order valence-corrected chi connectivity index (χ1v) is 7.55. The topological polar surface area (TPSA) is 85.8 Å². The molecular formula is C19H16N2O4. The van der Waals surface area contributed by atoms with Crippen LogP contribution in [-0.2, 0) is 0 Å². The minimum absolute atomic E-state index is 0.0425. The number of primary amides is 1. The molecule has 3 aromatic rings. The Morgan fingerprint density at radius 3 is 2.08 bits per heavy atom. The van der Waals surface area contributed by atoms with Crippen molar-refractivity contribution in [1.29, 1.82) is 0 Å². The zero-order valence-electron chi connectivity index (χ0n) is 13.5. The maximum atomic E-state index is 12.4. The van der Waals surface area contributed by atoms with Gasteiger partial charge in [-0.2, -0.15) is 0 Å². The van der Waals surface area contributed by atoms with E-state index in [1.165, 1.54) is 17.0 Å². The largest absolute Gasteiger partial charge is 0.457 e. The number of anilines is 1. The molecule has 0 bridgehead atoms. The second kappa shape index (κ2) is 6.92. The summed E-state index contributed by atoms with van der Waals surface area (Å²) in [5.74, 6) is 0.275. The summed E-state index contributed by atoms with van der Waals surface area (Å²) >= 11 is 0. The van der Waals surface area contributed by atoms with E-state index < -0.39 is 5.91 Å². The number of nitrogens with two attached hydrogens (primary N) is 1. The summed E-state index contributed by atoms with van der Waals surface area (Å²) in [7, 11) is 1.61. The molecule has 0 aliphatic heterocycles. The van der Waals surface area contributed by atoms with Crippen molar-refractivity contribution in [1.82, 2.24) is 0 Å². The molecule has 2 N–H and O–H groups in total. The Morgan fingerprint density at radius 1 is 0.880 bits per heavy atom. The van der Waals surface area contributed by atoms with Crippen LogP contribution in [0.4, 0.5) is 5.69 Å². The van der Waals surface area contributed by atoms with Gasteiger partial charge in [-0.1, -0.05) is 18.2 Å². The van der Waals surface area contributed by atoms with Crippen LogP contribution in [0.15, 0.2) is 71.1 Å². The number of carbonyl (C=O) groups excluding carboxylic acids is 2. The molecule has 126 valence electrons. The molecule has 0 spiro atoms. The number of amides is 2. The van der Waals surface area contributed by atoms with Gasteiger partial charge in [-0.3, -0.25) is 9.59 Å². The summed E-state index contributed by atoms with van der Waals surface area (Å²) < 4.78 is 10.9. The maximum Gasteiger partial charge on any atom is 0.293 e. The number of benzene rings is 2. The molecule has 6 nitrogen and oxygen atoms in total. The minimum Gasteiger partial charge on any atom is -0.457 e. The van der Waals surface area contributed by atoms with Gasteiger partial charge in [0, 0.05) is 12.7 Å². The Balaban J connectivity index is 1.72. The van der Waals surface area contributed by atoms with E-state index in [1.807, 2.05) is 30.3 Å². The molecule has 0 atom stereocenters. The highest BCUT2D eigenvalue weighted by molar-refractivity contribution is 6.04. The number of hydrogen-bond donors (Lipinski definition) is 1. The van der Waals surface area contributed by atoms with E-state index in [-0.39, 0.29) is 17.4 Å². The lowest BCUT2D eigenvalue weighted by Crippen LogP contribution is -2.25. The van der Waals surface area contributed by atoms with Gasteiger partial charge in [-0.05, 0) is 48.5 Å². The third-order valence-corrected chi connectivity index (χ3v) is 3.57. The first-order valence-electron chi connectivity index (χ1n) is 7.55. The number of furan rings is 1. The van der Waals surface area contributed by atoms with Crippen LogP contribution in [0.2, 0.25) is 0 Å². The van der Waals surface area contributed by atoms with Gasteiger partial charge in [0.05, 0.1) is 0 Å². The summed E-state index contributed by atoms with van der Waals surface area (Å²) in [4.78, 5) is 24.9. The van der Waals surface area contributed by atoms with E-state index in [1.54, 1.807) is 31.3 Å². The van der Waals surface area contributed by atoms with E-state index in [0.717, 1.165) is 5.75 Å². The number of hydrogen-bond acceptors (Lipinski definition) is 4. The number of rotatable bonds is 5. The van der Waals surface area contributed by atoms with Crippen molar-refractivity contribution in [2.45, 2.75) is 0 Å². The van der Waals surface area contributed by atoms with Gasteiger partial charge < -0.3 is 19.8 Å². The monoisotopic (exact) mass is 336 g/mol. The van der Waals surface area contributed by atoms with Crippen LogP contribution in [0.1, 0.15) is 21.1 Å². The van der Waals surface area contributed by atoms with E-state index in [4.69, 9.17) is 14.9 Å². The smallest absolute Gasteiger partial charge is 0.293 e. The Kier molecular flexibility index (Phi) is 4.52. The van der Waals surface area contributed by atoms with Gasteiger partial charge in [0.2, 0.25) is 0 Å². The van der Waals surface area contributed by atoms with Crippen LogP contribution < -0.4 is 15.4 Å². The number of nitrogens with zero attached hydrogens (tertiary/aromatic N) is 1. The molecule has 0 saturated heterocycles. The molecule has 0 saturated carbocycles. The molecule has 2 aromatic carbocycles. The Labute approximate surface area is 144 Å². The predicted octanol–water partition coefficient (Wildman–Crippen LogP) is 3.45. The third-order valence-electron chi connectivity index (χ3n) is 3.57. The maximum absolute atomic E-state index is 12.4. The second-order valence-electron chi connectivity index (χ2n) is 5.30. The summed E-state index contributed by atoms with van der Waals surface area (Å²) in [5.41, 5.74) is 5.78. The highest BCUT2D eigenvalue weighted by Crippen LogP contribution is 2.24. The Bertz CT molecular complexity index is 885. The minimum atomic E-state index is -0.718. The molecule has 0 aliphatic carbocycles. The normalized spacial score (nSPS) is 10.3. The summed E-state index contributed by atoms with van der Waals surface area (Å²) in [6, 6.07) is 19.3. The standard InChI is InChI=1S/C19H16N2O4/c1-21(19(23)17-12-11-16(25-17)18(20)22)13-7-9-15(10-8-13)24-14-5-3-2-4-6-14/h2-12H,1H3,(H2,20,22). The average molecular weight is 336 g/mol. The fraction of sp³-hybridized carbons (Fsp3) is 0.0526. The quantitative estimate of drug-likeness (QED) is 0.773. The van der Waals surface area contributed by atoms with Crippen LogP contribution in [0.25, 0.3) is 0 Å². The molecule has 1 aromatic heterocycles. The van der Waals surface area contributed by atoms with E-state index in [2.05, 4.69) is 0 Å². The molecule has 6 heteroatoms. The molecule has 0 aliphatic rings. The van der Waals surface area contributed by atoms with Crippen LogP contribution in [-0.4, -0.2) is 18.9 Å².